The summed E-state index contributed by atoms with van der Waals surface area (Å²) in [7, 11) is 0. The van der Waals surface area contributed by atoms with E-state index in [-0.39, 0.29) is 0 Å². The molecule has 0 aliphatic heterocycles. The molecule has 0 unspecified atom stereocenters. The minimum absolute atomic E-state index is 0.421. The van der Waals surface area contributed by atoms with Crippen molar-refractivity contribution in [3.8, 4) is 12.0 Å². The normalized spacial score (nSPS) is 6.12. The fraction of sp³-hybridized carbons (Fsp3) is 0.400. The molecule has 1 amide bonds. The monoisotopic (exact) mass is 113 g/mol. The molecule has 0 aromatic heterocycles. The highest BCUT2D eigenvalue weighted by Crippen LogP contribution is 1.65. The van der Waals surface area contributed by atoms with Gasteiger partial charge in [0.25, 0.3) is 0 Å². The summed E-state index contributed by atoms with van der Waals surface area (Å²) in [4.78, 5) is 13.7. The SMILES string of the molecule is CCC#CONC=O. The number of nitrogens with one attached hydrogen (secondary N) is 1. The maximum absolute atomic E-state index is 9.46. The number of hydrogen-bond donors (Lipinski definition) is 1. The fourth-order valence-corrected chi connectivity index (χ4v) is 0.162. The summed E-state index contributed by atoms with van der Waals surface area (Å²) in [6.07, 6.45) is 3.39. The maximum Gasteiger partial charge on any atom is 0.240 e. The van der Waals surface area contributed by atoms with Gasteiger partial charge in [-0.15, -0.1) is 0 Å². The van der Waals surface area contributed by atoms with E-state index in [9.17, 15) is 4.79 Å². The molecular formula is C5H7NO2. The van der Waals surface area contributed by atoms with Gasteiger partial charge in [0.2, 0.25) is 6.41 Å². The van der Waals surface area contributed by atoms with Gasteiger partial charge in [-0.25, -0.2) is 0 Å². The summed E-state index contributed by atoms with van der Waals surface area (Å²) >= 11 is 0. The van der Waals surface area contributed by atoms with E-state index in [1.807, 2.05) is 12.4 Å². The molecule has 0 saturated heterocycles. The molecule has 0 bridgehead atoms. The molecule has 44 valence electrons. The van der Waals surface area contributed by atoms with Crippen LogP contribution in [-0.2, 0) is 9.63 Å². The topological polar surface area (TPSA) is 38.3 Å². The average Bonchev–Trinajstić information content (AvgIpc) is 1.81. The zero-order valence-corrected chi connectivity index (χ0v) is 4.60. The predicted octanol–water partition coefficient (Wildman–Crippen LogP) is 0.0349. The minimum atomic E-state index is 0.421. The number of amides is 1. The lowest BCUT2D eigenvalue weighted by Crippen LogP contribution is -2.06. The van der Waals surface area contributed by atoms with E-state index in [2.05, 4.69) is 16.9 Å². The summed E-state index contributed by atoms with van der Waals surface area (Å²) in [6, 6.07) is 0. The van der Waals surface area contributed by atoms with E-state index in [1.54, 1.807) is 0 Å². The number of rotatable bonds is 2. The largest absolute Gasteiger partial charge is 0.326 e. The number of carbonyl (C=O) groups is 1. The van der Waals surface area contributed by atoms with Gasteiger partial charge in [-0.1, -0.05) is 12.8 Å². The van der Waals surface area contributed by atoms with Crippen molar-refractivity contribution in [2.45, 2.75) is 13.3 Å². The standard InChI is InChI=1S/C5H7NO2/c1-2-3-4-8-6-5-7/h5H,2H2,1H3,(H,6,7). The van der Waals surface area contributed by atoms with Gasteiger partial charge in [-0.05, 0) is 0 Å². The highest BCUT2D eigenvalue weighted by Gasteiger charge is 1.66. The third-order valence-corrected chi connectivity index (χ3v) is 0.407. The molecule has 3 nitrogen and oxygen atoms in total. The van der Waals surface area contributed by atoms with Crippen molar-refractivity contribution in [2.24, 2.45) is 0 Å². The molecule has 8 heavy (non-hydrogen) atoms. The van der Waals surface area contributed by atoms with Gasteiger partial charge in [0.15, 0.2) is 0 Å². The van der Waals surface area contributed by atoms with E-state index in [4.69, 9.17) is 0 Å². The van der Waals surface area contributed by atoms with Crippen molar-refractivity contribution in [1.82, 2.24) is 5.48 Å². The van der Waals surface area contributed by atoms with Crippen LogP contribution in [-0.4, -0.2) is 6.41 Å². The van der Waals surface area contributed by atoms with Gasteiger partial charge in [-0.2, -0.15) is 5.48 Å². The van der Waals surface area contributed by atoms with E-state index >= 15 is 0 Å². The van der Waals surface area contributed by atoms with E-state index in [0.717, 1.165) is 6.42 Å². The van der Waals surface area contributed by atoms with Gasteiger partial charge in [-0.3, -0.25) is 4.79 Å². The minimum Gasteiger partial charge on any atom is -0.326 e. The maximum atomic E-state index is 9.46. The zero-order chi connectivity index (χ0) is 6.24. The summed E-state index contributed by atoms with van der Waals surface area (Å²) in [5.41, 5.74) is 1.93. The zero-order valence-electron chi connectivity index (χ0n) is 4.60. The fourth-order valence-electron chi connectivity index (χ4n) is 0.162. The van der Waals surface area contributed by atoms with Crippen LogP contribution in [0.4, 0.5) is 0 Å². The summed E-state index contributed by atoms with van der Waals surface area (Å²) in [5.74, 6) is 2.59. The van der Waals surface area contributed by atoms with Gasteiger partial charge >= 0.3 is 0 Å². The summed E-state index contributed by atoms with van der Waals surface area (Å²) < 4.78 is 0. The lowest BCUT2D eigenvalue weighted by molar-refractivity contribution is -0.116. The molecule has 0 saturated carbocycles. The number of hydroxylamine groups is 1. The molecule has 0 spiro atoms. The third kappa shape index (κ3) is 4.83. The Morgan fingerprint density at radius 1 is 1.88 bits per heavy atom. The first-order chi connectivity index (χ1) is 3.91. The van der Waals surface area contributed by atoms with Crippen LogP contribution in [0.25, 0.3) is 0 Å². The van der Waals surface area contributed by atoms with E-state index < -0.39 is 0 Å². The van der Waals surface area contributed by atoms with Crippen LogP contribution < -0.4 is 5.48 Å². The number of hydrogen-bond acceptors (Lipinski definition) is 2. The van der Waals surface area contributed by atoms with Crippen LogP contribution in [0.5, 0.6) is 0 Å². The smallest absolute Gasteiger partial charge is 0.240 e. The second-order valence-electron chi connectivity index (χ2n) is 0.970. The van der Waals surface area contributed by atoms with E-state index in [0.29, 0.717) is 6.41 Å². The van der Waals surface area contributed by atoms with Gasteiger partial charge in [0, 0.05) is 6.42 Å². The summed E-state index contributed by atoms with van der Waals surface area (Å²) in [6.45, 7) is 1.89. The van der Waals surface area contributed by atoms with Gasteiger partial charge < -0.3 is 4.84 Å². The van der Waals surface area contributed by atoms with Crippen molar-refractivity contribution in [1.29, 1.82) is 0 Å². The van der Waals surface area contributed by atoms with E-state index in [1.165, 1.54) is 0 Å². The van der Waals surface area contributed by atoms with Gasteiger partial charge in [0.05, 0.1) is 0 Å². The van der Waals surface area contributed by atoms with Crippen LogP contribution in [0.2, 0.25) is 0 Å². The second kappa shape index (κ2) is 5.83. The Kier molecular flexibility index (Phi) is 4.98. The van der Waals surface area contributed by atoms with Crippen LogP contribution in [0.3, 0.4) is 0 Å². The predicted molar refractivity (Wildman–Crippen MR) is 28.4 cm³/mol. The lowest BCUT2D eigenvalue weighted by Gasteiger charge is -1.84. The quantitative estimate of drug-likeness (QED) is 0.237. The molecule has 0 fully saturated rings. The molecule has 0 radical (unpaired) electrons. The van der Waals surface area contributed by atoms with Crippen molar-refractivity contribution in [3.05, 3.63) is 0 Å². The Hall–Kier alpha value is -1.17. The highest BCUT2D eigenvalue weighted by atomic mass is 16.6. The summed E-state index contributed by atoms with van der Waals surface area (Å²) in [5, 5.41) is 0. The Morgan fingerprint density at radius 2 is 2.62 bits per heavy atom. The first kappa shape index (κ1) is 6.83. The van der Waals surface area contributed by atoms with Crippen molar-refractivity contribution >= 4 is 6.41 Å². The molecule has 0 rings (SSSR count). The molecule has 3 heteroatoms. The van der Waals surface area contributed by atoms with Crippen molar-refractivity contribution < 1.29 is 9.63 Å². The molecule has 0 heterocycles. The van der Waals surface area contributed by atoms with Gasteiger partial charge in [0.1, 0.15) is 6.11 Å². The van der Waals surface area contributed by atoms with Crippen LogP contribution in [0.1, 0.15) is 13.3 Å². The molecular weight excluding hydrogens is 106 g/mol. The highest BCUT2D eigenvalue weighted by molar-refractivity contribution is 5.44. The average molecular weight is 113 g/mol. The molecule has 0 aromatic carbocycles. The lowest BCUT2D eigenvalue weighted by atomic mass is 10.5. The molecule has 0 aliphatic carbocycles. The van der Waals surface area contributed by atoms with Crippen LogP contribution >= 0.6 is 0 Å². The second-order valence-corrected chi connectivity index (χ2v) is 0.970. The Bertz CT molecular complexity index is 111. The first-order valence-corrected chi connectivity index (χ1v) is 2.24. The first-order valence-electron chi connectivity index (χ1n) is 2.24. The molecule has 0 atom stereocenters. The Labute approximate surface area is 48.0 Å². The Balaban J connectivity index is 3.02. The van der Waals surface area contributed by atoms with Crippen LogP contribution in [0.15, 0.2) is 0 Å². The third-order valence-electron chi connectivity index (χ3n) is 0.407. The molecule has 1 N–H and O–H groups in total. The van der Waals surface area contributed by atoms with Crippen LogP contribution in [0, 0.1) is 12.0 Å². The Morgan fingerprint density at radius 3 is 3.12 bits per heavy atom. The molecule has 0 aromatic rings. The van der Waals surface area contributed by atoms with Crippen molar-refractivity contribution in [2.75, 3.05) is 0 Å². The molecule has 0 aliphatic rings. The van der Waals surface area contributed by atoms with Crippen molar-refractivity contribution in [3.63, 3.8) is 0 Å². The number of carbonyl (C=O) groups excluding carboxylic acids is 1.